The topological polar surface area (TPSA) is 84.9 Å². The number of thioether (sulfide) groups is 1. The number of carbonyl (C=O) groups is 3. The summed E-state index contributed by atoms with van der Waals surface area (Å²) in [4.78, 5) is 37.9. The van der Waals surface area contributed by atoms with Gasteiger partial charge >= 0.3 is 5.97 Å². The van der Waals surface area contributed by atoms with Gasteiger partial charge in [0.05, 0.1) is 12.4 Å². The van der Waals surface area contributed by atoms with Crippen molar-refractivity contribution in [2.45, 2.75) is 18.9 Å². The Morgan fingerprint density at radius 3 is 2.57 bits per heavy atom. The van der Waals surface area contributed by atoms with Gasteiger partial charge in [0.25, 0.3) is 0 Å². The molecule has 3 rings (SSSR count). The van der Waals surface area contributed by atoms with Crippen LogP contribution in [-0.2, 0) is 25.7 Å². The molecule has 0 radical (unpaired) electrons. The summed E-state index contributed by atoms with van der Waals surface area (Å²) < 4.78 is 10.6. The molecule has 8 heteroatoms. The number of benzene rings is 2. The zero-order valence-electron chi connectivity index (χ0n) is 16.7. The van der Waals surface area contributed by atoms with E-state index in [0.717, 1.165) is 16.9 Å². The van der Waals surface area contributed by atoms with E-state index in [2.05, 4.69) is 5.32 Å². The van der Waals surface area contributed by atoms with Gasteiger partial charge in [-0.3, -0.25) is 14.4 Å². The second kappa shape index (κ2) is 10.7. The van der Waals surface area contributed by atoms with Crippen molar-refractivity contribution in [1.82, 2.24) is 10.2 Å². The Kier molecular flexibility index (Phi) is 7.73. The Labute approximate surface area is 179 Å². The maximum absolute atomic E-state index is 12.3. The van der Waals surface area contributed by atoms with Crippen LogP contribution in [-0.4, -0.2) is 48.1 Å². The van der Waals surface area contributed by atoms with Crippen LogP contribution >= 0.6 is 11.8 Å². The van der Waals surface area contributed by atoms with Crippen LogP contribution < -0.4 is 10.1 Å². The molecule has 7 nitrogen and oxygen atoms in total. The van der Waals surface area contributed by atoms with E-state index in [0.29, 0.717) is 12.4 Å². The van der Waals surface area contributed by atoms with Crippen LogP contribution in [0.5, 0.6) is 5.75 Å². The molecule has 1 heterocycles. The number of carbonyl (C=O) groups excluding carboxylic acids is 3. The van der Waals surface area contributed by atoms with Gasteiger partial charge in [-0.2, -0.15) is 0 Å². The SMILES string of the molecule is CCOc1ccc(C2SCC(=O)N2CC(=O)NCC(=O)OCc2ccccc2)cc1. The van der Waals surface area contributed by atoms with Crippen LogP contribution in [0.25, 0.3) is 0 Å². The van der Waals surface area contributed by atoms with Gasteiger partial charge in [0.15, 0.2) is 0 Å². The van der Waals surface area contributed by atoms with Crippen molar-refractivity contribution in [3.63, 3.8) is 0 Å². The van der Waals surface area contributed by atoms with Crippen molar-refractivity contribution >= 4 is 29.5 Å². The zero-order valence-corrected chi connectivity index (χ0v) is 17.5. The van der Waals surface area contributed by atoms with Gasteiger partial charge in [-0.25, -0.2) is 0 Å². The van der Waals surface area contributed by atoms with Crippen LogP contribution in [0.15, 0.2) is 54.6 Å². The number of hydrogen-bond acceptors (Lipinski definition) is 6. The van der Waals surface area contributed by atoms with Gasteiger partial charge in [0.1, 0.15) is 30.8 Å². The molecule has 0 bridgehead atoms. The third kappa shape index (κ3) is 6.00. The Morgan fingerprint density at radius 1 is 1.13 bits per heavy atom. The van der Waals surface area contributed by atoms with E-state index in [1.807, 2.05) is 61.5 Å². The minimum absolute atomic E-state index is 0.110. The first-order chi connectivity index (χ1) is 14.6. The van der Waals surface area contributed by atoms with Crippen LogP contribution in [0.3, 0.4) is 0 Å². The highest BCUT2D eigenvalue weighted by Gasteiger charge is 2.34. The molecule has 0 aromatic heterocycles. The minimum Gasteiger partial charge on any atom is -0.494 e. The van der Waals surface area contributed by atoms with Gasteiger partial charge in [0, 0.05) is 0 Å². The summed E-state index contributed by atoms with van der Waals surface area (Å²) in [5, 5.41) is 2.28. The van der Waals surface area contributed by atoms with E-state index in [1.165, 1.54) is 16.7 Å². The van der Waals surface area contributed by atoms with Gasteiger partial charge in [0.2, 0.25) is 11.8 Å². The predicted molar refractivity (Wildman–Crippen MR) is 114 cm³/mol. The molecular formula is C22H24N2O5S. The molecular weight excluding hydrogens is 404 g/mol. The number of hydrogen-bond donors (Lipinski definition) is 1. The van der Waals surface area contributed by atoms with Crippen molar-refractivity contribution in [1.29, 1.82) is 0 Å². The first-order valence-corrected chi connectivity index (χ1v) is 10.7. The summed E-state index contributed by atoms with van der Waals surface area (Å²) in [6.45, 7) is 2.29. The summed E-state index contributed by atoms with van der Waals surface area (Å²) >= 11 is 1.47. The van der Waals surface area contributed by atoms with E-state index in [-0.39, 0.29) is 31.0 Å². The molecule has 2 amide bonds. The van der Waals surface area contributed by atoms with Crippen LogP contribution in [0.2, 0.25) is 0 Å². The molecule has 1 saturated heterocycles. The molecule has 1 unspecified atom stereocenters. The summed E-state index contributed by atoms with van der Waals surface area (Å²) in [6.07, 6.45) is 0. The lowest BCUT2D eigenvalue weighted by molar-refractivity contribution is -0.145. The summed E-state index contributed by atoms with van der Waals surface area (Å²) in [6, 6.07) is 16.8. The average Bonchev–Trinajstić information content (AvgIpc) is 3.12. The molecule has 30 heavy (non-hydrogen) atoms. The fourth-order valence-corrected chi connectivity index (χ4v) is 4.15. The Hall–Kier alpha value is -3.00. The number of rotatable bonds is 9. The van der Waals surface area contributed by atoms with Crippen molar-refractivity contribution in [3.8, 4) is 5.75 Å². The molecule has 0 aliphatic carbocycles. The van der Waals surface area contributed by atoms with Crippen molar-refractivity contribution in [2.75, 3.05) is 25.4 Å². The average molecular weight is 429 g/mol. The molecule has 1 N–H and O–H groups in total. The molecule has 2 aromatic carbocycles. The molecule has 158 valence electrons. The van der Waals surface area contributed by atoms with Crippen LogP contribution in [0, 0.1) is 0 Å². The highest BCUT2D eigenvalue weighted by molar-refractivity contribution is 8.00. The van der Waals surface area contributed by atoms with E-state index in [1.54, 1.807) is 0 Å². The lowest BCUT2D eigenvalue weighted by Crippen LogP contribution is -2.41. The van der Waals surface area contributed by atoms with E-state index < -0.39 is 11.9 Å². The maximum atomic E-state index is 12.3. The second-order valence-corrected chi connectivity index (χ2v) is 7.68. The van der Waals surface area contributed by atoms with Crippen LogP contribution in [0.1, 0.15) is 23.4 Å². The van der Waals surface area contributed by atoms with Gasteiger partial charge in [-0.15, -0.1) is 11.8 Å². The number of amides is 2. The van der Waals surface area contributed by atoms with Crippen molar-refractivity contribution < 1.29 is 23.9 Å². The number of nitrogens with zero attached hydrogens (tertiary/aromatic N) is 1. The number of esters is 1. The summed E-state index contributed by atoms with van der Waals surface area (Å²) in [5.74, 6) is 0.0231. The number of nitrogens with one attached hydrogen (secondary N) is 1. The Balaban J connectivity index is 1.49. The van der Waals surface area contributed by atoms with Crippen molar-refractivity contribution in [2.24, 2.45) is 0 Å². The molecule has 1 aliphatic heterocycles. The Morgan fingerprint density at radius 2 is 1.87 bits per heavy atom. The molecule has 0 spiro atoms. The first-order valence-electron chi connectivity index (χ1n) is 9.67. The van der Waals surface area contributed by atoms with Crippen molar-refractivity contribution in [3.05, 3.63) is 65.7 Å². The lowest BCUT2D eigenvalue weighted by atomic mass is 10.2. The largest absolute Gasteiger partial charge is 0.494 e. The van der Waals surface area contributed by atoms with E-state index >= 15 is 0 Å². The molecule has 0 saturated carbocycles. The summed E-state index contributed by atoms with van der Waals surface area (Å²) in [5.41, 5.74) is 1.79. The highest BCUT2D eigenvalue weighted by Crippen LogP contribution is 2.38. The number of ether oxygens (including phenoxy) is 2. The zero-order chi connectivity index (χ0) is 21.3. The Bertz CT molecular complexity index is 873. The molecule has 2 aromatic rings. The minimum atomic E-state index is -0.530. The van der Waals surface area contributed by atoms with Crippen LogP contribution in [0.4, 0.5) is 0 Å². The second-order valence-electron chi connectivity index (χ2n) is 6.61. The monoisotopic (exact) mass is 428 g/mol. The first kappa shape index (κ1) is 21.7. The normalized spacial score (nSPS) is 15.7. The van der Waals surface area contributed by atoms with Gasteiger partial charge in [-0.1, -0.05) is 42.5 Å². The molecule has 1 atom stereocenters. The third-order valence-electron chi connectivity index (χ3n) is 4.43. The molecule has 1 aliphatic rings. The smallest absolute Gasteiger partial charge is 0.325 e. The lowest BCUT2D eigenvalue weighted by Gasteiger charge is -2.23. The quantitative estimate of drug-likeness (QED) is 0.618. The molecule has 1 fully saturated rings. The summed E-state index contributed by atoms with van der Waals surface area (Å²) in [7, 11) is 0. The van der Waals surface area contributed by atoms with E-state index in [4.69, 9.17) is 9.47 Å². The fourth-order valence-electron chi connectivity index (χ4n) is 2.97. The standard InChI is InChI=1S/C22H24N2O5S/c1-2-28-18-10-8-17(9-11-18)22-24(20(26)15-30-22)13-19(25)23-12-21(27)29-14-16-6-4-3-5-7-16/h3-11,22H,2,12-15H2,1H3,(H,23,25). The third-order valence-corrected chi connectivity index (χ3v) is 5.69. The predicted octanol–water partition coefficient (Wildman–Crippen LogP) is 2.52. The van der Waals surface area contributed by atoms with E-state index in [9.17, 15) is 14.4 Å². The maximum Gasteiger partial charge on any atom is 0.325 e. The highest BCUT2D eigenvalue weighted by atomic mass is 32.2. The van der Waals surface area contributed by atoms with Gasteiger partial charge < -0.3 is 19.7 Å². The fraction of sp³-hybridized carbons (Fsp3) is 0.318. The van der Waals surface area contributed by atoms with Gasteiger partial charge in [-0.05, 0) is 30.2 Å².